The van der Waals surface area contributed by atoms with Crippen LogP contribution in [0.15, 0.2) is 205 Å². The van der Waals surface area contributed by atoms with Crippen LogP contribution in [0.5, 0.6) is 0 Å². The molecule has 0 spiro atoms. The van der Waals surface area contributed by atoms with Gasteiger partial charge in [0, 0.05) is 33.5 Å². The smallest absolute Gasteiger partial charge is 0.0540 e. The molecule has 0 aliphatic heterocycles. The van der Waals surface area contributed by atoms with Gasteiger partial charge in [0.2, 0.25) is 0 Å². The maximum atomic E-state index is 2.48. The van der Waals surface area contributed by atoms with Crippen molar-refractivity contribution in [1.82, 2.24) is 0 Å². The largest absolute Gasteiger partial charge is 0.310 e. The molecule has 0 bridgehead atoms. The summed E-state index contributed by atoms with van der Waals surface area (Å²) in [5.41, 5.74) is 15.3. The zero-order chi connectivity index (χ0) is 50.4. The molecule has 2 aliphatic rings. The van der Waals surface area contributed by atoms with Gasteiger partial charge in [-0.15, -0.1) is 0 Å². The number of benzene rings is 13. The van der Waals surface area contributed by atoms with E-state index in [1.807, 2.05) is 0 Å². The van der Waals surface area contributed by atoms with Crippen molar-refractivity contribution in [2.24, 2.45) is 0 Å². The van der Waals surface area contributed by atoms with E-state index in [-0.39, 0.29) is 0 Å². The van der Waals surface area contributed by atoms with Gasteiger partial charge < -0.3 is 9.80 Å². The summed E-state index contributed by atoms with van der Waals surface area (Å²) in [5.74, 6) is 0. The van der Waals surface area contributed by atoms with E-state index in [4.69, 9.17) is 0 Å². The summed E-state index contributed by atoms with van der Waals surface area (Å²) in [7, 11) is 0. The molecular formula is C74H60N2. The van der Waals surface area contributed by atoms with E-state index < -0.39 is 0 Å². The Labute approximate surface area is 445 Å². The van der Waals surface area contributed by atoms with Gasteiger partial charge in [0.05, 0.1) is 11.4 Å². The summed E-state index contributed by atoms with van der Waals surface area (Å²) in [6.45, 7) is 4.35. The molecule has 76 heavy (non-hydrogen) atoms. The molecule has 2 nitrogen and oxygen atoms in total. The van der Waals surface area contributed by atoms with E-state index in [2.05, 4.69) is 230 Å². The number of fused-ring (bicyclic) bond motifs is 6. The van der Waals surface area contributed by atoms with Crippen LogP contribution in [0.25, 0.3) is 98.3 Å². The molecule has 2 aliphatic carbocycles. The maximum Gasteiger partial charge on any atom is 0.0540 e. The van der Waals surface area contributed by atoms with Crippen LogP contribution in [0.4, 0.5) is 34.1 Å². The van der Waals surface area contributed by atoms with Crippen LogP contribution in [0.1, 0.15) is 86.5 Å². The quantitative estimate of drug-likeness (QED) is 0.111. The fraction of sp³-hybridized carbons (Fsp3) is 0.162. The van der Waals surface area contributed by atoms with Gasteiger partial charge in [-0.1, -0.05) is 181 Å². The highest BCUT2D eigenvalue weighted by molar-refractivity contribution is 6.48. The van der Waals surface area contributed by atoms with E-state index >= 15 is 0 Å². The average Bonchev–Trinajstić information content (AvgIpc) is 3.66. The zero-order valence-electron chi connectivity index (χ0n) is 43.6. The van der Waals surface area contributed by atoms with E-state index in [1.54, 1.807) is 11.1 Å². The third-order valence-electron chi connectivity index (χ3n) is 17.4. The number of hydrogen-bond donors (Lipinski definition) is 0. The van der Waals surface area contributed by atoms with Gasteiger partial charge >= 0.3 is 0 Å². The molecule has 0 atom stereocenters. The first-order valence-corrected chi connectivity index (χ1v) is 28.0. The fourth-order valence-electron chi connectivity index (χ4n) is 13.8. The van der Waals surface area contributed by atoms with Crippen molar-refractivity contribution in [1.29, 1.82) is 0 Å². The SMILES string of the molecule is Cc1ccc(N(c2ccc(C=C3CCCCC3)cc2)c2ccc3c4cccc5c4c(c4cccc2c34)c2cccc3c4ccc(N(c6ccc(C)cc6)c6ccc(C=C7CCCCC7)cc6)c6cccc(c64)c5c32)cc1. The first-order valence-electron chi connectivity index (χ1n) is 28.0. The molecule has 0 N–H and O–H groups in total. The predicted molar refractivity (Wildman–Crippen MR) is 330 cm³/mol. The Morgan fingerprint density at radius 1 is 0.263 bits per heavy atom. The number of allylic oxidation sites excluding steroid dienone is 2. The van der Waals surface area contributed by atoms with Gasteiger partial charge in [0.25, 0.3) is 0 Å². The Kier molecular flexibility index (Phi) is 10.7. The maximum absolute atomic E-state index is 2.48. The molecule has 13 aromatic carbocycles. The van der Waals surface area contributed by atoms with Crippen LogP contribution < -0.4 is 9.80 Å². The lowest BCUT2D eigenvalue weighted by Gasteiger charge is -2.29. The highest BCUT2D eigenvalue weighted by Crippen LogP contribution is 2.53. The van der Waals surface area contributed by atoms with Crippen LogP contribution in [0, 0.1) is 13.8 Å². The van der Waals surface area contributed by atoms with Crippen LogP contribution >= 0.6 is 0 Å². The third-order valence-corrected chi connectivity index (χ3v) is 17.4. The van der Waals surface area contributed by atoms with Crippen LogP contribution in [0.2, 0.25) is 0 Å². The summed E-state index contributed by atoms with van der Waals surface area (Å²) >= 11 is 0. The van der Waals surface area contributed by atoms with Crippen molar-refractivity contribution in [2.45, 2.75) is 78.1 Å². The number of rotatable bonds is 8. The Morgan fingerprint density at radius 3 is 0.921 bits per heavy atom. The standard InChI is InChI=1S/C74H60N2/c1-47-25-33-53(34-26-47)75(55-37-29-51(30-38-55)45-49-13-5-3-6-14-49)67-43-41-59-57-17-9-24-66-71(57)73(63-21-11-19-61(67)69(59)63)65-23-10-18-58-60-42-44-68(62-20-12-22-64(70(60)62)74(66)72(58)65)76(54-35-27-48(2)28-36-54)56-39-31-52(32-40-56)46-50-15-7-4-8-16-50/h9-12,17-46H,3-8,13-16H2,1-2H3. The van der Waals surface area contributed by atoms with Crippen molar-refractivity contribution < 1.29 is 0 Å². The van der Waals surface area contributed by atoms with Crippen molar-refractivity contribution in [2.75, 3.05) is 9.80 Å². The summed E-state index contributed by atoms with van der Waals surface area (Å²) in [6.07, 6.45) is 17.7. The molecule has 13 aromatic rings. The van der Waals surface area contributed by atoms with Gasteiger partial charge in [-0.25, -0.2) is 0 Å². The monoisotopic (exact) mass is 976 g/mol. The molecule has 0 unspecified atom stereocenters. The lowest BCUT2D eigenvalue weighted by atomic mass is 9.81. The molecule has 2 heteroatoms. The second kappa shape index (κ2) is 18.1. The zero-order valence-corrected chi connectivity index (χ0v) is 43.6. The Bertz CT molecular complexity index is 4140. The van der Waals surface area contributed by atoms with E-state index in [0.717, 1.165) is 22.7 Å². The minimum Gasteiger partial charge on any atom is -0.310 e. The molecule has 2 saturated carbocycles. The first-order chi connectivity index (χ1) is 37.5. The van der Waals surface area contributed by atoms with Crippen molar-refractivity contribution >= 4 is 132 Å². The summed E-state index contributed by atoms with van der Waals surface area (Å²) in [4.78, 5) is 4.95. The van der Waals surface area contributed by atoms with Crippen molar-refractivity contribution in [3.8, 4) is 0 Å². The minimum absolute atomic E-state index is 1.16. The number of anilines is 6. The van der Waals surface area contributed by atoms with E-state index in [0.29, 0.717) is 0 Å². The lowest BCUT2D eigenvalue weighted by Crippen LogP contribution is -2.10. The van der Waals surface area contributed by atoms with Crippen molar-refractivity contribution in [3.63, 3.8) is 0 Å². The normalized spacial score (nSPS) is 14.4. The highest BCUT2D eigenvalue weighted by atomic mass is 15.1. The van der Waals surface area contributed by atoms with Gasteiger partial charge in [-0.05, 0) is 212 Å². The molecule has 0 saturated heterocycles. The number of nitrogens with zero attached hydrogens (tertiary/aromatic N) is 2. The highest BCUT2D eigenvalue weighted by Gasteiger charge is 2.26. The second-order valence-electron chi connectivity index (χ2n) is 22.2. The molecule has 2 fully saturated rings. The molecule has 15 rings (SSSR count). The molecule has 0 amide bonds. The number of aryl methyl sites for hydroxylation is 2. The molecular weight excluding hydrogens is 917 g/mol. The molecule has 0 heterocycles. The van der Waals surface area contributed by atoms with Crippen LogP contribution in [-0.2, 0) is 0 Å². The van der Waals surface area contributed by atoms with E-state index in [1.165, 1.54) is 184 Å². The van der Waals surface area contributed by atoms with Gasteiger partial charge in [0.1, 0.15) is 0 Å². The van der Waals surface area contributed by atoms with Crippen LogP contribution in [0.3, 0.4) is 0 Å². The minimum atomic E-state index is 1.16. The van der Waals surface area contributed by atoms with Gasteiger partial charge in [0.15, 0.2) is 0 Å². The Morgan fingerprint density at radius 2 is 0.553 bits per heavy atom. The predicted octanol–water partition coefficient (Wildman–Crippen LogP) is 22.0. The third kappa shape index (κ3) is 7.29. The summed E-state index contributed by atoms with van der Waals surface area (Å²) in [5, 5.41) is 20.9. The fourth-order valence-corrected chi connectivity index (χ4v) is 13.8. The molecule has 366 valence electrons. The Hall–Kier alpha value is -8.46. The van der Waals surface area contributed by atoms with E-state index in [9.17, 15) is 0 Å². The second-order valence-corrected chi connectivity index (χ2v) is 22.2. The average molecular weight is 977 g/mol. The molecule has 0 radical (unpaired) electrons. The van der Waals surface area contributed by atoms with Gasteiger partial charge in [-0.2, -0.15) is 0 Å². The van der Waals surface area contributed by atoms with Crippen LogP contribution in [-0.4, -0.2) is 0 Å². The first kappa shape index (κ1) is 45.0. The van der Waals surface area contributed by atoms with Crippen molar-refractivity contribution in [3.05, 3.63) is 228 Å². The summed E-state index contributed by atoms with van der Waals surface area (Å²) < 4.78 is 0. The van der Waals surface area contributed by atoms with Gasteiger partial charge in [-0.3, -0.25) is 0 Å². The Balaban J connectivity index is 0.948. The summed E-state index contributed by atoms with van der Waals surface area (Å²) in [6, 6.07) is 74.5. The molecule has 0 aromatic heterocycles. The number of hydrogen-bond acceptors (Lipinski definition) is 2. The lowest BCUT2D eigenvalue weighted by molar-refractivity contribution is 0.602. The topological polar surface area (TPSA) is 6.48 Å².